The number of methoxy groups -OCH3 is 1. The first-order chi connectivity index (χ1) is 8.75. The van der Waals surface area contributed by atoms with Gasteiger partial charge in [0.05, 0.1) is 22.9 Å². The first-order valence-electron chi connectivity index (χ1n) is 5.18. The van der Waals surface area contributed by atoms with Gasteiger partial charge in [0.15, 0.2) is 0 Å². The van der Waals surface area contributed by atoms with E-state index in [0.717, 1.165) is 18.2 Å². The molecule has 0 saturated carbocycles. The van der Waals surface area contributed by atoms with Gasteiger partial charge in [0.25, 0.3) is 0 Å². The highest BCUT2D eigenvalue weighted by Gasteiger charge is 2.31. The molecule has 0 bridgehead atoms. The summed E-state index contributed by atoms with van der Waals surface area (Å²) < 4.78 is 41.9. The lowest BCUT2D eigenvalue weighted by Gasteiger charge is -2.13. The van der Waals surface area contributed by atoms with Crippen molar-refractivity contribution in [1.82, 2.24) is 0 Å². The first-order valence-corrected chi connectivity index (χ1v) is 5.55. The van der Waals surface area contributed by atoms with Gasteiger partial charge in [-0.15, -0.1) is 0 Å². The predicted octanol–water partition coefficient (Wildman–Crippen LogP) is 2.27. The van der Waals surface area contributed by atoms with E-state index < -0.39 is 23.7 Å². The molecular weight excluding hydrogens is 285 g/mol. The van der Waals surface area contributed by atoms with Crippen LogP contribution < -0.4 is 11.1 Å². The van der Waals surface area contributed by atoms with Gasteiger partial charge in [-0.1, -0.05) is 11.6 Å². The number of benzene rings is 1. The van der Waals surface area contributed by atoms with E-state index in [1.807, 2.05) is 0 Å². The predicted molar refractivity (Wildman–Crippen MR) is 64.9 cm³/mol. The average molecular weight is 297 g/mol. The summed E-state index contributed by atoms with van der Waals surface area (Å²) in [6, 6.07) is 1.70. The highest BCUT2D eigenvalue weighted by atomic mass is 35.5. The normalized spacial score (nSPS) is 13.2. The number of amides is 1. The van der Waals surface area contributed by atoms with Crippen LogP contribution >= 0.6 is 11.6 Å². The van der Waals surface area contributed by atoms with E-state index >= 15 is 0 Å². The van der Waals surface area contributed by atoms with Gasteiger partial charge in [0.2, 0.25) is 5.91 Å². The summed E-state index contributed by atoms with van der Waals surface area (Å²) in [4.78, 5) is 11.5. The molecule has 1 amide bonds. The Labute approximate surface area is 112 Å². The van der Waals surface area contributed by atoms with Gasteiger partial charge in [-0.25, -0.2) is 0 Å². The SMILES string of the molecule is COCC(N)C(=O)Nc1ccc(C(F)(F)F)cc1Cl. The van der Waals surface area contributed by atoms with Gasteiger partial charge >= 0.3 is 6.18 Å². The third-order valence-corrected chi connectivity index (χ3v) is 2.55. The Kier molecular flexibility index (Phi) is 5.16. The zero-order valence-electron chi connectivity index (χ0n) is 9.92. The van der Waals surface area contributed by atoms with Crippen molar-refractivity contribution >= 4 is 23.2 Å². The summed E-state index contributed by atoms with van der Waals surface area (Å²) >= 11 is 5.67. The van der Waals surface area contributed by atoms with Gasteiger partial charge in [-0.05, 0) is 18.2 Å². The molecule has 1 unspecified atom stereocenters. The van der Waals surface area contributed by atoms with Crippen molar-refractivity contribution in [2.75, 3.05) is 19.0 Å². The molecule has 3 N–H and O–H groups in total. The molecule has 0 spiro atoms. The Morgan fingerprint density at radius 1 is 1.53 bits per heavy atom. The number of nitrogens with one attached hydrogen (secondary N) is 1. The smallest absolute Gasteiger partial charge is 0.383 e. The summed E-state index contributed by atoms with van der Waals surface area (Å²) in [5.74, 6) is -0.594. The minimum Gasteiger partial charge on any atom is -0.383 e. The molecule has 0 fully saturated rings. The molecule has 0 heterocycles. The summed E-state index contributed by atoms with van der Waals surface area (Å²) in [6.45, 7) is -0.00983. The third kappa shape index (κ3) is 4.38. The van der Waals surface area contributed by atoms with Crippen LogP contribution in [-0.4, -0.2) is 25.7 Å². The fourth-order valence-corrected chi connectivity index (χ4v) is 1.50. The molecule has 106 valence electrons. The summed E-state index contributed by atoms with van der Waals surface area (Å²) in [6.07, 6.45) is -4.49. The molecule has 1 aromatic carbocycles. The summed E-state index contributed by atoms with van der Waals surface area (Å²) in [5, 5.41) is 2.12. The summed E-state index contributed by atoms with van der Waals surface area (Å²) in [5.41, 5.74) is 4.63. The number of anilines is 1. The fraction of sp³-hybridized carbons (Fsp3) is 0.364. The van der Waals surface area contributed by atoms with Crippen LogP contribution in [0, 0.1) is 0 Å². The molecule has 0 aliphatic heterocycles. The number of halogens is 4. The second-order valence-electron chi connectivity index (χ2n) is 3.74. The van der Waals surface area contributed by atoms with Crippen LogP contribution in [0.4, 0.5) is 18.9 Å². The number of hydrogen-bond donors (Lipinski definition) is 2. The lowest BCUT2D eigenvalue weighted by molar-refractivity contribution is -0.137. The molecule has 0 aliphatic rings. The van der Waals surface area contributed by atoms with Crippen molar-refractivity contribution in [3.63, 3.8) is 0 Å². The number of rotatable bonds is 4. The van der Waals surface area contributed by atoms with Crippen molar-refractivity contribution in [3.05, 3.63) is 28.8 Å². The van der Waals surface area contributed by atoms with Crippen LogP contribution in [0.3, 0.4) is 0 Å². The van der Waals surface area contributed by atoms with Crippen LogP contribution in [0.5, 0.6) is 0 Å². The Bertz CT molecular complexity index is 466. The van der Waals surface area contributed by atoms with E-state index in [4.69, 9.17) is 17.3 Å². The number of alkyl halides is 3. The largest absolute Gasteiger partial charge is 0.416 e. The molecule has 4 nitrogen and oxygen atoms in total. The minimum absolute atomic E-state index is 0.00983. The Morgan fingerprint density at radius 2 is 2.16 bits per heavy atom. The molecule has 0 aromatic heterocycles. The topological polar surface area (TPSA) is 64.3 Å². The fourth-order valence-electron chi connectivity index (χ4n) is 1.27. The second kappa shape index (κ2) is 6.23. The number of ether oxygens (including phenoxy) is 1. The molecule has 0 radical (unpaired) electrons. The maximum absolute atomic E-state index is 12.4. The number of carbonyl (C=O) groups is 1. The molecule has 1 rings (SSSR count). The van der Waals surface area contributed by atoms with Crippen molar-refractivity contribution < 1.29 is 22.7 Å². The monoisotopic (exact) mass is 296 g/mol. The second-order valence-corrected chi connectivity index (χ2v) is 4.15. The Balaban J connectivity index is 2.84. The maximum atomic E-state index is 12.4. The number of hydrogen-bond acceptors (Lipinski definition) is 3. The van der Waals surface area contributed by atoms with Gasteiger partial charge in [-0.2, -0.15) is 13.2 Å². The van der Waals surface area contributed by atoms with Crippen LogP contribution in [0.2, 0.25) is 5.02 Å². The van der Waals surface area contributed by atoms with Crippen LogP contribution in [0.1, 0.15) is 5.56 Å². The van der Waals surface area contributed by atoms with Crippen molar-refractivity contribution in [2.24, 2.45) is 5.73 Å². The minimum atomic E-state index is -4.49. The van der Waals surface area contributed by atoms with Crippen molar-refractivity contribution in [3.8, 4) is 0 Å². The number of carbonyl (C=O) groups excluding carboxylic acids is 1. The maximum Gasteiger partial charge on any atom is 0.416 e. The molecule has 19 heavy (non-hydrogen) atoms. The zero-order valence-corrected chi connectivity index (χ0v) is 10.7. The van der Waals surface area contributed by atoms with Gasteiger partial charge in [0, 0.05) is 7.11 Å². The van der Waals surface area contributed by atoms with Crippen molar-refractivity contribution in [1.29, 1.82) is 0 Å². The first kappa shape index (κ1) is 15.7. The van der Waals surface area contributed by atoms with Crippen LogP contribution in [-0.2, 0) is 15.7 Å². The molecule has 0 aliphatic carbocycles. The van der Waals surface area contributed by atoms with E-state index in [1.165, 1.54) is 7.11 Å². The quantitative estimate of drug-likeness (QED) is 0.896. The van der Waals surface area contributed by atoms with Gasteiger partial charge in [0.1, 0.15) is 6.04 Å². The van der Waals surface area contributed by atoms with Crippen LogP contribution in [0.25, 0.3) is 0 Å². The molecular formula is C11H12ClF3N2O2. The van der Waals surface area contributed by atoms with Gasteiger partial charge < -0.3 is 15.8 Å². The third-order valence-electron chi connectivity index (χ3n) is 2.24. The van der Waals surface area contributed by atoms with E-state index in [1.54, 1.807) is 0 Å². The van der Waals surface area contributed by atoms with E-state index in [0.29, 0.717) is 0 Å². The van der Waals surface area contributed by atoms with E-state index in [9.17, 15) is 18.0 Å². The van der Waals surface area contributed by atoms with E-state index in [-0.39, 0.29) is 17.3 Å². The van der Waals surface area contributed by atoms with Crippen LogP contribution in [0.15, 0.2) is 18.2 Å². The Morgan fingerprint density at radius 3 is 2.63 bits per heavy atom. The molecule has 0 saturated heterocycles. The lowest BCUT2D eigenvalue weighted by atomic mass is 10.2. The highest BCUT2D eigenvalue weighted by molar-refractivity contribution is 6.33. The van der Waals surface area contributed by atoms with E-state index in [2.05, 4.69) is 10.1 Å². The Hall–Kier alpha value is -1.31. The lowest BCUT2D eigenvalue weighted by Crippen LogP contribution is -2.39. The zero-order chi connectivity index (χ0) is 14.6. The summed E-state index contributed by atoms with van der Waals surface area (Å²) in [7, 11) is 1.37. The average Bonchev–Trinajstić information content (AvgIpc) is 2.30. The number of nitrogens with two attached hydrogens (primary N) is 1. The standard InChI is InChI=1S/C11H12ClF3N2O2/c1-19-5-8(16)10(18)17-9-3-2-6(4-7(9)12)11(13,14)15/h2-4,8H,5,16H2,1H3,(H,17,18). The molecule has 8 heteroatoms. The van der Waals surface area contributed by atoms with Crippen molar-refractivity contribution in [2.45, 2.75) is 12.2 Å². The molecule has 1 atom stereocenters. The highest BCUT2D eigenvalue weighted by Crippen LogP contribution is 2.33. The molecule has 1 aromatic rings. The van der Waals surface area contributed by atoms with Gasteiger partial charge in [-0.3, -0.25) is 4.79 Å².